The third-order valence-corrected chi connectivity index (χ3v) is 13.8. The molecule has 2 atom stereocenters. The van der Waals surface area contributed by atoms with E-state index in [9.17, 15) is 81.8 Å². The Kier molecular flexibility index (Phi) is 67.7. The molecule has 109 heavy (non-hydrogen) atoms. The molecule has 1 aliphatic rings. The predicted molar refractivity (Wildman–Crippen MR) is 442 cm³/mol. The number of nitrogens with one attached hydrogen (secondary N) is 3. The average Bonchev–Trinajstić information content (AvgIpc) is 0.751. The Bertz CT molecular complexity index is 3560. The van der Waals surface area contributed by atoms with Crippen LogP contribution in [0.25, 0.3) is 0 Å². The number of anilines is 7. The molecule has 0 fully saturated rings. The zero-order valence-corrected chi connectivity index (χ0v) is 72.2. The van der Waals surface area contributed by atoms with E-state index in [2.05, 4.69) is 77.5 Å². The molecule has 1 heterocycles. The van der Waals surface area contributed by atoms with E-state index in [0.717, 1.165) is 49.3 Å². The van der Waals surface area contributed by atoms with Gasteiger partial charge in [-0.15, -0.1) is 11.6 Å². The van der Waals surface area contributed by atoms with Crippen LogP contribution < -0.4 is 57.7 Å². The summed E-state index contributed by atoms with van der Waals surface area (Å²) < 4.78 is 155. The third-order valence-electron chi connectivity index (χ3n) is 11.9. The molecule has 0 saturated heterocycles. The summed E-state index contributed by atoms with van der Waals surface area (Å²) in [4.78, 5) is 56.4. The van der Waals surface area contributed by atoms with Gasteiger partial charge in [-0.05, 0) is 132 Å². The summed E-state index contributed by atoms with van der Waals surface area (Å²) in [6.07, 6.45) is -18.8. The number of nitrogens with two attached hydrogens (primary N) is 4. The number of para-hydroxylation sites is 7. The number of hydrogen-bond donors (Lipinski definition) is 8. The van der Waals surface area contributed by atoms with E-state index in [4.69, 9.17) is 22.9 Å². The van der Waals surface area contributed by atoms with Crippen LogP contribution in [0.4, 0.5) is 97.3 Å². The average molecular weight is 1800 g/mol. The van der Waals surface area contributed by atoms with Crippen molar-refractivity contribution in [3.63, 3.8) is 0 Å². The summed E-state index contributed by atoms with van der Waals surface area (Å²) in [6, 6.07) is 46.2. The minimum atomic E-state index is -4.97. The molecule has 3 amide bonds. The Labute approximate surface area is 683 Å². The van der Waals surface area contributed by atoms with E-state index in [1.54, 1.807) is 26.8 Å². The number of halogens is 15. The van der Waals surface area contributed by atoms with Gasteiger partial charge in [0.05, 0.1) is 28.2 Å². The van der Waals surface area contributed by atoms with E-state index in [1.165, 1.54) is 79.2 Å². The number of hydrogen-bond acceptors (Lipinski definition) is 11. The first-order chi connectivity index (χ1) is 49.7. The van der Waals surface area contributed by atoms with Crippen LogP contribution in [0.5, 0.6) is 0 Å². The molecule has 0 saturated carbocycles. The molecule has 0 aliphatic carbocycles. The van der Waals surface area contributed by atoms with Gasteiger partial charge in [-0.25, -0.2) is 4.79 Å². The van der Waals surface area contributed by atoms with Gasteiger partial charge < -0.3 is 50.8 Å². The number of cyclic esters (lactones) is 1. The zero-order chi connectivity index (χ0) is 85.7. The van der Waals surface area contributed by atoms with Crippen LogP contribution in [-0.2, 0) is 25.5 Å². The van der Waals surface area contributed by atoms with E-state index < -0.39 is 76.0 Å². The number of rotatable bonds is 5. The summed E-state index contributed by atoms with van der Waals surface area (Å²) >= 11 is 9.05. The van der Waals surface area contributed by atoms with Crippen molar-refractivity contribution in [2.24, 2.45) is 10.8 Å². The topological polar surface area (TPSA) is 255 Å². The second-order valence-electron chi connectivity index (χ2n) is 21.4. The molecule has 0 radical (unpaired) electrons. The fourth-order valence-electron chi connectivity index (χ4n) is 6.60. The van der Waals surface area contributed by atoms with Crippen molar-refractivity contribution in [1.82, 2.24) is 0 Å². The molecule has 12 N–H and O–H groups in total. The van der Waals surface area contributed by atoms with Crippen LogP contribution in [0.2, 0.25) is 0 Å². The minimum Gasteiger partial charge on any atom is -0.428 e. The van der Waals surface area contributed by atoms with Gasteiger partial charge in [0.1, 0.15) is 0 Å². The number of fused-ring (bicyclic) bond motifs is 1. The number of ketones is 2. The zero-order valence-electron chi connectivity index (χ0n) is 67.1. The molecule has 0 aromatic heterocycles. The molecule has 7 aromatic rings. The van der Waals surface area contributed by atoms with E-state index in [0.29, 0.717) is 6.92 Å². The Morgan fingerprint density at radius 1 is 0.450 bits per heavy atom. The second-order valence-corrected chi connectivity index (χ2v) is 23.7. The van der Waals surface area contributed by atoms with Crippen LogP contribution >= 0.6 is 56.8 Å². The number of ether oxygens (including phenoxy) is 1. The number of Topliss-reactive ketones (excluding diaryl/α,β-unsaturated/α-hetero) is 2. The number of alkyl halides is 13. The number of benzene rings is 7. The maximum Gasteiger partial charge on any atom is 1.00 e. The number of aliphatic hydroxyl groups is 1. The second kappa shape index (κ2) is 61.4. The SMILES string of the molecule is CC.CC.CC.CC.CC.CC.CC.CC(C)(C)C(=O)Nc1ccccc1C(=O)C(F)(F)F.CC(C)(C)C(=O)Nc1ccccc1I.CC(O)(c1ccccc1N)C(F)(F)F.CC1(C(F)(F)F)OC(=O)Nc2ccccc21.CCl.Nc1ccccc1.Nc1ccccc1C(=O)C(F)(F)F.Nc1ccccc1I.[CH3-].[Li+]. The van der Waals surface area contributed by atoms with Gasteiger partial charge in [-0.2, -0.15) is 52.7 Å². The molecule has 14 nitrogen and oxygen atoms in total. The van der Waals surface area contributed by atoms with Crippen LogP contribution in [0, 0.1) is 25.4 Å². The summed E-state index contributed by atoms with van der Waals surface area (Å²) in [6.45, 7) is 40.1. The summed E-state index contributed by atoms with van der Waals surface area (Å²) in [7, 11) is 0. The monoisotopic (exact) mass is 1800 g/mol. The number of carbonyl (C=O) groups excluding carboxylic acids is 5. The first kappa shape index (κ1) is 120. The van der Waals surface area contributed by atoms with Gasteiger partial charge in [0.25, 0.3) is 11.6 Å². The molecule has 1 aliphatic heterocycles. The molecular weight excluding hydrogens is 1680 g/mol. The summed E-state index contributed by atoms with van der Waals surface area (Å²) in [5.74, 6) is -4.31. The number of nitrogen functional groups attached to an aromatic ring is 4. The predicted octanol–water partition coefficient (Wildman–Crippen LogP) is 22.4. The van der Waals surface area contributed by atoms with E-state index in [-0.39, 0.29) is 71.5 Å². The first-order valence-electron chi connectivity index (χ1n) is 33.7. The van der Waals surface area contributed by atoms with Crippen LogP contribution in [0.1, 0.15) is 184 Å². The van der Waals surface area contributed by atoms with Crippen molar-refractivity contribution in [1.29, 1.82) is 0 Å². The molecule has 0 spiro atoms. The van der Waals surface area contributed by atoms with Gasteiger partial charge in [-0.3, -0.25) is 24.5 Å². The van der Waals surface area contributed by atoms with Crippen molar-refractivity contribution in [2.75, 3.05) is 45.3 Å². The maximum absolute atomic E-state index is 12.9. The van der Waals surface area contributed by atoms with Gasteiger partial charge in [0, 0.05) is 58.2 Å². The van der Waals surface area contributed by atoms with Crippen LogP contribution in [-0.4, -0.2) is 65.7 Å². The smallest absolute Gasteiger partial charge is 0.428 e. The van der Waals surface area contributed by atoms with Gasteiger partial charge in [0.15, 0.2) is 5.60 Å². The minimum absolute atomic E-state index is 0. The third kappa shape index (κ3) is 46.3. The van der Waals surface area contributed by atoms with Crippen molar-refractivity contribution >= 4 is 126 Å². The Hall–Kier alpha value is -7.24. The van der Waals surface area contributed by atoms with Gasteiger partial charge in [0.2, 0.25) is 17.4 Å². The number of carbonyl (C=O) groups is 5. The molecule has 612 valence electrons. The quantitative estimate of drug-likeness (QED) is 0.0153. The molecule has 8 rings (SSSR count). The Morgan fingerprint density at radius 3 is 1.11 bits per heavy atom. The summed E-state index contributed by atoms with van der Waals surface area (Å²) in [5, 5.41) is 16.8. The van der Waals surface area contributed by atoms with E-state index >= 15 is 0 Å². The fourth-order valence-corrected chi connectivity index (χ4v) is 7.51. The van der Waals surface area contributed by atoms with Crippen molar-refractivity contribution < 1.29 is 105 Å². The summed E-state index contributed by atoms with van der Waals surface area (Å²) in [5.41, 5.74) is 15.6. The van der Waals surface area contributed by atoms with Crippen LogP contribution in [0.15, 0.2) is 176 Å². The van der Waals surface area contributed by atoms with E-state index in [1.807, 2.05) is 197 Å². The van der Waals surface area contributed by atoms with Crippen molar-refractivity contribution in [3.05, 3.63) is 213 Å². The molecular formula is C79H113ClF12I2LiN7O7. The normalized spacial score (nSPS) is 12.2. The molecule has 7 aromatic carbocycles. The largest absolute Gasteiger partial charge is 1.00 e. The standard InChI is InChI=1S/C13H14F3NO2.C11H14INO.C10H8F3NO2.C9H10F3NO.C8H6F3NO.C6H6IN.C6H7N.7C2H6.CH3Cl.CH3.Li/c1-12(2,3)11(19)17-9-7-5-4-6-8(9)10(18)13(14,15)16;1-11(2,3)10(14)13-9-7-5-4-6-8(9)12;1-9(10(11,12)13)6-4-2-3-5-7(6)14-8(15)16-9;1-8(14,9(10,11)12)6-4-2-3-5-7(6)13;9-8(10,11)7(13)5-3-1-2-4-6(5)12;7-5-3-1-2-4-6(5)8;7-6-4-2-1-3-5-6;8*1-2;;/h4-7H,1-3H3,(H,17,19);4-7H,1-3H3,(H,13,14);2-5H,1H3,(H,14,15);2-5,14H,13H2,1H3;1-4H,12H2;1-4H,8H2;1-5H,7H2;7*1-2H3;1H3;1H3;/q;;;;;;;;;;;;;;;-1;+1. The maximum atomic E-state index is 12.9. The molecule has 2 unspecified atom stereocenters. The van der Waals surface area contributed by atoms with Crippen LogP contribution in [0.3, 0.4) is 0 Å². The number of amides is 3. The van der Waals surface area contributed by atoms with Crippen molar-refractivity contribution in [3.8, 4) is 0 Å². The van der Waals surface area contributed by atoms with Gasteiger partial charge >= 0.3 is 49.7 Å². The van der Waals surface area contributed by atoms with Gasteiger partial charge in [-0.1, -0.05) is 242 Å². The first-order valence-corrected chi connectivity index (χ1v) is 36.6. The fraction of sp³-hybridized carbons (Fsp3) is 0.392. The Balaban J connectivity index is -0.000000150. The Morgan fingerprint density at radius 2 is 0.771 bits per heavy atom. The molecule has 30 heteroatoms. The van der Waals surface area contributed by atoms with Crippen molar-refractivity contribution in [2.45, 2.75) is 188 Å². The molecule has 0 bridgehead atoms.